The van der Waals surface area contributed by atoms with Crippen LogP contribution in [-0.4, -0.2) is 12.2 Å². The fourth-order valence-corrected chi connectivity index (χ4v) is 1.02. The average Bonchev–Trinajstić information content (AvgIpc) is 2.16. The van der Waals surface area contributed by atoms with Gasteiger partial charge in [-0.3, -0.25) is 9.59 Å². The molecule has 1 aromatic carbocycles. The summed E-state index contributed by atoms with van der Waals surface area (Å²) >= 11 is 0. The fourth-order valence-electron chi connectivity index (χ4n) is 1.02. The van der Waals surface area contributed by atoms with Crippen LogP contribution in [0.1, 0.15) is 26.3 Å². The first-order chi connectivity index (χ1) is 6.61. The van der Waals surface area contributed by atoms with E-state index in [9.17, 15) is 14.0 Å². The van der Waals surface area contributed by atoms with Crippen LogP contribution in [0.25, 0.3) is 0 Å². The number of aldehydes is 1. The molecule has 4 nitrogen and oxygen atoms in total. The van der Waals surface area contributed by atoms with Crippen molar-refractivity contribution in [3.8, 4) is 6.07 Å². The Kier molecular flexibility index (Phi) is 2.58. The molecule has 0 heterocycles. The number of nitrogens with zero attached hydrogens (tertiary/aromatic N) is 1. The van der Waals surface area contributed by atoms with Gasteiger partial charge in [-0.2, -0.15) is 5.26 Å². The zero-order valence-corrected chi connectivity index (χ0v) is 6.95. The Balaban J connectivity index is 3.56. The summed E-state index contributed by atoms with van der Waals surface area (Å²) in [6.45, 7) is 0. The third kappa shape index (κ3) is 1.45. The number of halogens is 1. The number of carbonyl (C=O) groups excluding carboxylic acids is 2. The van der Waals surface area contributed by atoms with Crippen molar-refractivity contribution in [3.05, 3.63) is 34.6 Å². The maximum Gasteiger partial charge on any atom is 0.253 e. The topological polar surface area (TPSA) is 83.9 Å². The highest BCUT2D eigenvalue weighted by Crippen LogP contribution is 2.15. The number of hydrogen-bond donors (Lipinski definition) is 1. The Morgan fingerprint density at radius 1 is 1.57 bits per heavy atom. The Morgan fingerprint density at radius 2 is 2.21 bits per heavy atom. The van der Waals surface area contributed by atoms with E-state index in [0.717, 1.165) is 6.07 Å². The van der Waals surface area contributed by atoms with Crippen molar-refractivity contribution in [2.24, 2.45) is 5.73 Å². The van der Waals surface area contributed by atoms with Gasteiger partial charge in [0.05, 0.1) is 16.7 Å². The van der Waals surface area contributed by atoms with Gasteiger partial charge in [-0.05, 0) is 12.1 Å². The minimum atomic E-state index is -1.07. The van der Waals surface area contributed by atoms with Crippen LogP contribution in [0.5, 0.6) is 0 Å². The molecule has 2 N–H and O–H groups in total. The van der Waals surface area contributed by atoms with Gasteiger partial charge in [0, 0.05) is 0 Å². The number of carbonyl (C=O) groups is 2. The summed E-state index contributed by atoms with van der Waals surface area (Å²) < 4.78 is 13.3. The molecule has 5 heteroatoms. The van der Waals surface area contributed by atoms with Gasteiger partial charge < -0.3 is 5.73 Å². The van der Waals surface area contributed by atoms with Crippen LogP contribution in [0.4, 0.5) is 4.39 Å². The van der Waals surface area contributed by atoms with Gasteiger partial charge in [-0.15, -0.1) is 0 Å². The Labute approximate surface area is 78.7 Å². The monoisotopic (exact) mass is 192 g/mol. The SMILES string of the molecule is N#Cc1ccc(C=O)c(F)c1C(N)=O. The molecule has 0 saturated heterocycles. The van der Waals surface area contributed by atoms with E-state index >= 15 is 0 Å². The average molecular weight is 192 g/mol. The van der Waals surface area contributed by atoms with E-state index in [0.29, 0.717) is 0 Å². The number of nitriles is 1. The summed E-state index contributed by atoms with van der Waals surface area (Å²) in [7, 11) is 0. The third-order valence-electron chi connectivity index (χ3n) is 1.67. The van der Waals surface area contributed by atoms with Gasteiger partial charge in [-0.25, -0.2) is 4.39 Å². The first-order valence-electron chi connectivity index (χ1n) is 3.59. The van der Waals surface area contributed by atoms with E-state index in [1.807, 2.05) is 0 Å². The molecule has 0 atom stereocenters. The summed E-state index contributed by atoms with van der Waals surface area (Å²) in [6, 6.07) is 3.90. The minimum absolute atomic E-state index is 0.180. The number of amides is 1. The molecule has 0 aromatic heterocycles. The smallest absolute Gasteiger partial charge is 0.253 e. The first-order valence-corrected chi connectivity index (χ1v) is 3.59. The van der Waals surface area contributed by atoms with Gasteiger partial charge in [0.25, 0.3) is 5.91 Å². The highest BCUT2D eigenvalue weighted by molar-refractivity contribution is 5.97. The number of hydrogen-bond acceptors (Lipinski definition) is 3. The van der Waals surface area contributed by atoms with Crippen molar-refractivity contribution in [1.29, 1.82) is 5.26 Å². The van der Waals surface area contributed by atoms with Crippen LogP contribution in [0, 0.1) is 17.1 Å². The summed E-state index contributed by atoms with van der Waals surface area (Å²) in [6.07, 6.45) is 0.253. The molecule has 70 valence electrons. The molecule has 0 saturated carbocycles. The van der Waals surface area contributed by atoms with Gasteiger partial charge in [-0.1, -0.05) is 0 Å². The van der Waals surface area contributed by atoms with Crippen molar-refractivity contribution in [2.45, 2.75) is 0 Å². The second-order valence-corrected chi connectivity index (χ2v) is 2.49. The molecule has 0 aliphatic heterocycles. The zero-order valence-electron chi connectivity index (χ0n) is 6.95. The summed E-state index contributed by atoms with van der Waals surface area (Å²) in [5.74, 6) is -2.12. The van der Waals surface area contributed by atoms with E-state index in [1.54, 1.807) is 6.07 Å². The number of nitrogens with two attached hydrogens (primary N) is 1. The fraction of sp³-hybridized carbons (Fsp3) is 0. The van der Waals surface area contributed by atoms with Gasteiger partial charge in [0.15, 0.2) is 6.29 Å². The van der Waals surface area contributed by atoms with Crippen LogP contribution in [0.15, 0.2) is 12.1 Å². The molecular weight excluding hydrogens is 187 g/mol. The molecule has 1 amide bonds. The highest BCUT2D eigenvalue weighted by Gasteiger charge is 2.17. The molecular formula is C9H5FN2O2. The molecule has 1 rings (SSSR count). The van der Waals surface area contributed by atoms with Crippen molar-refractivity contribution >= 4 is 12.2 Å². The second-order valence-electron chi connectivity index (χ2n) is 2.49. The third-order valence-corrected chi connectivity index (χ3v) is 1.67. The number of benzene rings is 1. The van der Waals surface area contributed by atoms with Gasteiger partial charge >= 0.3 is 0 Å². The highest BCUT2D eigenvalue weighted by atomic mass is 19.1. The standard InChI is InChI=1S/C9H5FN2O2/c10-8-6(4-13)2-1-5(3-11)7(8)9(12)14/h1-2,4H,(H2,12,14). The maximum atomic E-state index is 13.3. The van der Waals surface area contributed by atoms with E-state index in [-0.39, 0.29) is 17.4 Å². The van der Waals surface area contributed by atoms with E-state index in [4.69, 9.17) is 11.0 Å². The Bertz CT molecular complexity index is 449. The molecule has 0 fully saturated rings. The normalized spacial score (nSPS) is 9.14. The van der Waals surface area contributed by atoms with Crippen molar-refractivity contribution in [3.63, 3.8) is 0 Å². The molecule has 0 bridgehead atoms. The molecule has 0 unspecified atom stereocenters. The van der Waals surface area contributed by atoms with Gasteiger partial charge in [0.2, 0.25) is 0 Å². The minimum Gasteiger partial charge on any atom is -0.365 e. The van der Waals surface area contributed by atoms with E-state index < -0.39 is 17.3 Å². The molecule has 1 aromatic rings. The number of rotatable bonds is 2. The number of primary amides is 1. The molecule has 0 aliphatic carbocycles. The van der Waals surface area contributed by atoms with Crippen molar-refractivity contribution in [1.82, 2.24) is 0 Å². The van der Waals surface area contributed by atoms with Crippen LogP contribution >= 0.6 is 0 Å². The lowest BCUT2D eigenvalue weighted by atomic mass is 10.0. The maximum absolute atomic E-state index is 13.3. The van der Waals surface area contributed by atoms with Crippen LogP contribution in [-0.2, 0) is 0 Å². The lowest BCUT2D eigenvalue weighted by Crippen LogP contribution is -2.16. The van der Waals surface area contributed by atoms with E-state index in [1.165, 1.54) is 6.07 Å². The van der Waals surface area contributed by atoms with Gasteiger partial charge in [0.1, 0.15) is 11.9 Å². The molecule has 0 aliphatic rings. The lowest BCUT2D eigenvalue weighted by molar-refractivity contribution is 0.0996. The molecule has 14 heavy (non-hydrogen) atoms. The lowest BCUT2D eigenvalue weighted by Gasteiger charge is -2.02. The molecule has 0 radical (unpaired) electrons. The largest absolute Gasteiger partial charge is 0.365 e. The predicted octanol–water partition coefficient (Wildman–Crippen LogP) is 0.609. The summed E-state index contributed by atoms with van der Waals surface area (Å²) in [5.41, 5.74) is 3.85. The Hall–Kier alpha value is -2.22. The Morgan fingerprint density at radius 3 is 2.64 bits per heavy atom. The van der Waals surface area contributed by atoms with Crippen molar-refractivity contribution < 1.29 is 14.0 Å². The zero-order chi connectivity index (χ0) is 10.7. The quantitative estimate of drug-likeness (QED) is 0.696. The summed E-state index contributed by atoms with van der Waals surface area (Å²) in [5, 5.41) is 8.54. The predicted molar refractivity (Wildman–Crippen MR) is 45.0 cm³/mol. The summed E-state index contributed by atoms with van der Waals surface area (Å²) in [4.78, 5) is 21.1. The van der Waals surface area contributed by atoms with Crippen LogP contribution in [0.3, 0.4) is 0 Å². The van der Waals surface area contributed by atoms with Crippen LogP contribution < -0.4 is 5.73 Å². The second kappa shape index (κ2) is 3.66. The first kappa shape index (κ1) is 9.86. The van der Waals surface area contributed by atoms with Crippen LogP contribution in [0.2, 0.25) is 0 Å². The van der Waals surface area contributed by atoms with E-state index in [2.05, 4.69) is 0 Å². The van der Waals surface area contributed by atoms with Crippen molar-refractivity contribution in [2.75, 3.05) is 0 Å². The molecule has 0 spiro atoms.